The Kier molecular flexibility index (Phi) is 4.27. The van der Waals surface area contributed by atoms with Crippen LogP contribution >= 0.6 is 0 Å². The van der Waals surface area contributed by atoms with Crippen molar-refractivity contribution in [2.45, 2.75) is 6.42 Å². The first-order chi connectivity index (χ1) is 26.7. The number of rotatable bonds is 3. The van der Waals surface area contributed by atoms with Crippen LogP contribution in [0, 0.1) is 0 Å². The summed E-state index contributed by atoms with van der Waals surface area (Å²) in [6, 6.07) is 38.0. The number of fused-ring (bicyclic) bond motifs is 11. The van der Waals surface area contributed by atoms with Gasteiger partial charge in [0.25, 0.3) is 0 Å². The lowest BCUT2D eigenvalue weighted by Gasteiger charge is -2.20. The minimum atomic E-state index is -0.403. The molecule has 0 spiro atoms. The lowest BCUT2D eigenvalue weighted by molar-refractivity contribution is 1.26. The Morgan fingerprint density at radius 2 is 0.872 bits per heavy atom. The smallest absolute Gasteiger partial charge is 0.0616 e. The molecule has 0 aliphatic carbocycles. The molecule has 0 radical (unpaired) electrons. The van der Waals surface area contributed by atoms with E-state index in [2.05, 4.69) is 54.6 Å². The Labute approximate surface area is 284 Å². The van der Waals surface area contributed by atoms with E-state index >= 15 is 0 Å². The highest BCUT2D eigenvalue weighted by Crippen LogP contribution is 2.44. The van der Waals surface area contributed by atoms with Gasteiger partial charge in [0.1, 0.15) is 0 Å². The van der Waals surface area contributed by atoms with Crippen molar-refractivity contribution in [1.29, 1.82) is 0 Å². The molecule has 10 rings (SSSR count). The van der Waals surface area contributed by atoms with Crippen molar-refractivity contribution in [3.05, 3.63) is 181 Å². The SMILES string of the molecule is [2H]c1c([2H])c([2H])c2c(-c3ccc4ccccc4c3)c3c([2H])c([2H])c([2H])c([2H])c3c(Cc3cc4c5ccccc5c5ccccc5c4c4ccccc34)c2c1[2H]. The summed E-state index contributed by atoms with van der Waals surface area (Å²) in [7, 11) is 0. The molecule has 0 saturated heterocycles. The van der Waals surface area contributed by atoms with Gasteiger partial charge in [-0.05, 0) is 116 Å². The normalized spacial score (nSPS) is 14.3. The van der Waals surface area contributed by atoms with Crippen molar-refractivity contribution >= 4 is 75.4 Å². The summed E-state index contributed by atoms with van der Waals surface area (Å²) < 4.78 is 73.0. The van der Waals surface area contributed by atoms with Crippen LogP contribution in [0.15, 0.2) is 170 Å². The van der Waals surface area contributed by atoms with Crippen LogP contribution < -0.4 is 0 Å². The monoisotopic (exact) mass is 602 g/mol. The first-order valence-corrected chi connectivity index (χ1v) is 15.8. The maximum Gasteiger partial charge on any atom is 0.0629 e. The molecule has 0 saturated carbocycles. The average molecular weight is 603 g/mol. The third-order valence-electron chi connectivity index (χ3n) is 9.72. The molecule has 0 fully saturated rings. The van der Waals surface area contributed by atoms with E-state index in [1.165, 1.54) is 0 Å². The zero-order valence-electron chi connectivity index (χ0n) is 33.3. The summed E-state index contributed by atoms with van der Waals surface area (Å²) in [4.78, 5) is 0. The molecule has 0 unspecified atom stereocenters. The van der Waals surface area contributed by atoms with Crippen LogP contribution in [-0.4, -0.2) is 0 Å². The van der Waals surface area contributed by atoms with Gasteiger partial charge in [-0.3, -0.25) is 0 Å². The third kappa shape index (κ3) is 3.95. The minimum Gasteiger partial charge on any atom is -0.0616 e. The molecule has 0 atom stereocenters. The first kappa shape index (κ1) is 19.5. The molecule has 47 heavy (non-hydrogen) atoms. The van der Waals surface area contributed by atoms with Gasteiger partial charge in [0.05, 0.1) is 11.0 Å². The van der Waals surface area contributed by atoms with Gasteiger partial charge in [-0.1, -0.05) is 158 Å². The highest BCUT2D eigenvalue weighted by Gasteiger charge is 2.19. The van der Waals surface area contributed by atoms with Crippen molar-refractivity contribution in [1.82, 2.24) is 0 Å². The minimum absolute atomic E-state index is 0.146. The van der Waals surface area contributed by atoms with Crippen LogP contribution in [0.25, 0.3) is 86.5 Å². The number of benzene rings is 10. The molecule has 218 valence electrons. The predicted octanol–water partition coefficient (Wildman–Crippen LogP) is 13.0. The standard InChI is InChI=1S/C47H30/c1-2-14-31-27-32(26-25-30(31)13-1)46-41-22-10-7-19-38(41)44(39-20-8-11-23-42(39)46)28-33-29-45-37-18-5-4-16-35(37)36-17-6-12-24-43(36)47(45)40-21-9-3-15-34(33)40/h1-27,29H,28H2/i7D,8D,10D,11D,19D,20D,22D,23D. The molecule has 10 aromatic rings. The summed E-state index contributed by atoms with van der Waals surface area (Å²) in [6.07, 6.45) is 0.146. The Bertz CT molecular complexity index is 3250. The van der Waals surface area contributed by atoms with Gasteiger partial charge in [0.15, 0.2) is 0 Å². The lowest BCUT2D eigenvalue weighted by Crippen LogP contribution is -1.97. The molecule has 10 aromatic carbocycles. The largest absolute Gasteiger partial charge is 0.0629 e. The third-order valence-corrected chi connectivity index (χ3v) is 9.72. The summed E-state index contributed by atoms with van der Waals surface area (Å²) in [5.41, 5.74) is 2.27. The summed E-state index contributed by atoms with van der Waals surface area (Å²) in [5, 5.41) is 11.4. The van der Waals surface area contributed by atoms with E-state index in [1.807, 2.05) is 66.7 Å². The van der Waals surface area contributed by atoms with Crippen molar-refractivity contribution in [2.24, 2.45) is 0 Å². The van der Waals surface area contributed by atoms with Crippen LogP contribution in [0.2, 0.25) is 0 Å². The Morgan fingerprint density at radius 3 is 1.53 bits per heavy atom. The van der Waals surface area contributed by atoms with Crippen LogP contribution in [0.1, 0.15) is 22.1 Å². The molecule has 0 heterocycles. The molecule has 0 aliphatic heterocycles. The van der Waals surface area contributed by atoms with E-state index in [0.717, 1.165) is 59.4 Å². The van der Waals surface area contributed by atoms with Crippen molar-refractivity contribution < 1.29 is 11.0 Å². The molecule has 0 aromatic heterocycles. The lowest BCUT2D eigenvalue weighted by atomic mass is 9.84. The molecular formula is C47H30. The summed E-state index contributed by atoms with van der Waals surface area (Å²) in [5.74, 6) is 0. The van der Waals surface area contributed by atoms with E-state index in [4.69, 9.17) is 5.48 Å². The zero-order chi connectivity index (χ0) is 37.9. The van der Waals surface area contributed by atoms with Crippen molar-refractivity contribution in [2.75, 3.05) is 0 Å². The van der Waals surface area contributed by atoms with Crippen molar-refractivity contribution in [3.8, 4) is 11.1 Å². The van der Waals surface area contributed by atoms with Gasteiger partial charge in [0.2, 0.25) is 0 Å². The van der Waals surface area contributed by atoms with E-state index in [-0.39, 0.29) is 52.1 Å². The molecular weight excluding hydrogens is 565 g/mol. The van der Waals surface area contributed by atoms with Gasteiger partial charge < -0.3 is 0 Å². The van der Waals surface area contributed by atoms with Crippen molar-refractivity contribution in [3.63, 3.8) is 0 Å². The highest BCUT2D eigenvalue weighted by molar-refractivity contribution is 6.32. The van der Waals surface area contributed by atoms with Gasteiger partial charge in [-0.2, -0.15) is 0 Å². The van der Waals surface area contributed by atoms with Crippen LogP contribution in [0.3, 0.4) is 0 Å². The summed E-state index contributed by atoms with van der Waals surface area (Å²) in [6.45, 7) is 0. The Morgan fingerprint density at radius 1 is 0.383 bits per heavy atom. The Hall–Kier alpha value is -5.98. The van der Waals surface area contributed by atoms with E-state index in [1.54, 1.807) is 0 Å². The second-order valence-electron chi connectivity index (χ2n) is 12.2. The number of hydrogen-bond acceptors (Lipinski definition) is 0. The van der Waals surface area contributed by atoms with E-state index in [0.29, 0.717) is 16.7 Å². The molecule has 0 N–H and O–H groups in total. The average Bonchev–Trinajstić information content (AvgIpc) is 3.22. The maximum atomic E-state index is 9.43. The zero-order valence-corrected chi connectivity index (χ0v) is 25.3. The fourth-order valence-corrected chi connectivity index (χ4v) is 7.69. The Balaban J connectivity index is 1.41. The first-order valence-electron chi connectivity index (χ1n) is 19.8. The van der Waals surface area contributed by atoms with Gasteiger partial charge in [0, 0.05) is 0 Å². The molecule has 0 aliphatic rings. The molecule has 0 nitrogen and oxygen atoms in total. The van der Waals surface area contributed by atoms with Gasteiger partial charge >= 0.3 is 0 Å². The number of hydrogen-bond donors (Lipinski definition) is 0. The maximum absolute atomic E-state index is 9.43. The molecule has 0 bridgehead atoms. The van der Waals surface area contributed by atoms with Crippen LogP contribution in [0.5, 0.6) is 0 Å². The fourth-order valence-electron chi connectivity index (χ4n) is 7.69. The van der Waals surface area contributed by atoms with Crippen LogP contribution in [0.4, 0.5) is 0 Å². The molecule has 0 heteroatoms. The summed E-state index contributed by atoms with van der Waals surface area (Å²) >= 11 is 0. The van der Waals surface area contributed by atoms with Gasteiger partial charge in [-0.25, -0.2) is 0 Å². The fraction of sp³-hybridized carbons (Fsp3) is 0.0213. The van der Waals surface area contributed by atoms with E-state index < -0.39 is 24.2 Å². The predicted molar refractivity (Wildman–Crippen MR) is 204 cm³/mol. The topological polar surface area (TPSA) is 0 Å². The molecule has 0 amide bonds. The van der Waals surface area contributed by atoms with Crippen LogP contribution in [-0.2, 0) is 6.42 Å². The quantitative estimate of drug-likeness (QED) is 0.139. The van der Waals surface area contributed by atoms with Gasteiger partial charge in [-0.15, -0.1) is 0 Å². The second kappa shape index (κ2) is 10.3. The highest BCUT2D eigenvalue weighted by atomic mass is 14.2. The van der Waals surface area contributed by atoms with E-state index in [9.17, 15) is 5.48 Å². The second-order valence-corrected chi connectivity index (χ2v) is 12.2.